The molecule has 0 radical (unpaired) electrons. The molecular weight excluding hydrogens is 390 g/mol. The highest BCUT2D eigenvalue weighted by Crippen LogP contribution is 2.30. The van der Waals surface area contributed by atoms with Crippen LogP contribution >= 0.6 is 0 Å². The van der Waals surface area contributed by atoms with Gasteiger partial charge in [-0.1, -0.05) is 6.07 Å². The van der Waals surface area contributed by atoms with Gasteiger partial charge in [0.15, 0.2) is 0 Å². The van der Waals surface area contributed by atoms with Crippen molar-refractivity contribution >= 4 is 12.0 Å². The van der Waals surface area contributed by atoms with E-state index < -0.39 is 18.4 Å². The second-order valence-corrected chi connectivity index (χ2v) is 6.70. The third-order valence-electron chi connectivity index (χ3n) is 4.93. The molecule has 1 fully saturated rings. The molecule has 1 saturated heterocycles. The van der Waals surface area contributed by atoms with E-state index in [4.69, 9.17) is 13.9 Å². The summed E-state index contributed by atoms with van der Waals surface area (Å²) in [7, 11) is 1.31. The number of morpholine rings is 1. The Bertz CT molecular complexity index is 935. The van der Waals surface area contributed by atoms with Crippen LogP contribution in [0.4, 0.5) is 13.6 Å². The standard InChI is InChI=1S/C18H18F2N4O5/c1-27-18(26)24-4-5-28-9-12(24)8-23-7-11-3-2-10(6-13(11)17(23)25)15-21-22-16(29-15)14(19)20/h2-3,6,12,14H,4-5,7-9H2,1H3/t12-/m0/s1. The van der Waals surface area contributed by atoms with Crippen molar-refractivity contribution in [3.63, 3.8) is 0 Å². The molecule has 2 aromatic rings. The van der Waals surface area contributed by atoms with Crippen LogP contribution in [0.3, 0.4) is 0 Å². The maximum absolute atomic E-state index is 12.9. The monoisotopic (exact) mass is 408 g/mol. The predicted molar refractivity (Wildman–Crippen MR) is 93.1 cm³/mol. The first-order chi connectivity index (χ1) is 14.0. The number of aromatic nitrogens is 2. The maximum atomic E-state index is 12.9. The molecule has 9 nitrogen and oxygen atoms in total. The molecule has 29 heavy (non-hydrogen) atoms. The van der Waals surface area contributed by atoms with E-state index in [-0.39, 0.29) is 24.4 Å². The van der Waals surface area contributed by atoms with Crippen LogP contribution in [0.25, 0.3) is 11.5 Å². The average Bonchev–Trinajstić information content (AvgIpc) is 3.34. The molecule has 154 valence electrons. The molecule has 2 amide bonds. The Hall–Kier alpha value is -3.08. The summed E-state index contributed by atoms with van der Waals surface area (Å²) in [6.45, 7) is 1.76. The molecule has 2 aliphatic heterocycles. The normalized spacial score (nSPS) is 19.0. The number of alkyl halides is 2. The number of ether oxygens (including phenoxy) is 2. The topological polar surface area (TPSA) is 98.0 Å². The molecule has 0 bridgehead atoms. The van der Waals surface area contributed by atoms with E-state index >= 15 is 0 Å². The number of amides is 2. The number of nitrogens with zero attached hydrogens (tertiary/aromatic N) is 4. The highest BCUT2D eigenvalue weighted by Gasteiger charge is 2.35. The van der Waals surface area contributed by atoms with Gasteiger partial charge in [0.25, 0.3) is 11.8 Å². The Balaban J connectivity index is 1.51. The Kier molecular flexibility index (Phi) is 5.14. The Morgan fingerprint density at radius 3 is 2.93 bits per heavy atom. The van der Waals surface area contributed by atoms with E-state index in [1.807, 2.05) is 0 Å². The van der Waals surface area contributed by atoms with Gasteiger partial charge in [-0.2, -0.15) is 8.78 Å². The van der Waals surface area contributed by atoms with Crippen molar-refractivity contribution in [2.24, 2.45) is 0 Å². The number of benzene rings is 1. The molecule has 3 heterocycles. The van der Waals surface area contributed by atoms with E-state index in [9.17, 15) is 18.4 Å². The summed E-state index contributed by atoms with van der Waals surface area (Å²) in [6, 6.07) is 4.60. The maximum Gasteiger partial charge on any atom is 0.409 e. The molecular formula is C18H18F2N4O5. The lowest BCUT2D eigenvalue weighted by Crippen LogP contribution is -2.53. The third-order valence-corrected chi connectivity index (χ3v) is 4.93. The molecule has 0 N–H and O–H groups in total. The van der Waals surface area contributed by atoms with Crippen LogP contribution < -0.4 is 0 Å². The summed E-state index contributed by atoms with van der Waals surface area (Å²) in [4.78, 5) is 28.0. The first-order valence-corrected chi connectivity index (χ1v) is 8.94. The number of rotatable bonds is 4. The van der Waals surface area contributed by atoms with E-state index in [1.165, 1.54) is 7.11 Å². The van der Waals surface area contributed by atoms with E-state index in [2.05, 4.69) is 10.2 Å². The summed E-state index contributed by atoms with van der Waals surface area (Å²) in [5.41, 5.74) is 1.60. The van der Waals surface area contributed by atoms with Gasteiger partial charge in [-0.3, -0.25) is 9.69 Å². The van der Waals surface area contributed by atoms with Crippen LogP contribution in [0.2, 0.25) is 0 Å². The SMILES string of the molecule is COC(=O)N1CCOC[C@@H]1CN1Cc2ccc(-c3nnc(C(F)F)o3)cc2C1=O. The van der Waals surface area contributed by atoms with Gasteiger partial charge < -0.3 is 18.8 Å². The first kappa shape index (κ1) is 19.2. The molecule has 1 aromatic carbocycles. The molecule has 0 unspecified atom stereocenters. The summed E-state index contributed by atoms with van der Waals surface area (Å²) in [6.07, 6.45) is -3.32. The van der Waals surface area contributed by atoms with Crippen LogP contribution in [-0.2, 0) is 16.0 Å². The largest absolute Gasteiger partial charge is 0.453 e. The Morgan fingerprint density at radius 1 is 1.38 bits per heavy atom. The zero-order valence-corrected chi connectivity index (χ0v) is 15.5. The molecule has 2 aliphatic rings. The quantitative estimate of drug-likeness (QED) is 0.764. The van der Waals surface area contributed by atoms with Gasteiger partial charge in [0, 0.05) is 30.8 Å². The van der Waals surface area contributed by atoms with Gasteiger partial charge in [0.2, 0.25) is 5.89 Å². The minimum Gasteiger partial charge on any atom is -0.453 e. The zero-order chi connectivity index (χ0) is 20.5. The number of hydrogen-bond acceptors (Lipinski definition) is 7. The van der Waals surface area contributed by atoms with E-state index in [0.717, 1.165) is 5.56 Å². The molecule has 1 atom stereocenters. The van der Waals surface area contributed by atoms with Gasteiger partial charge in [-0.25, -0.2) is 4.79 Å². The number of carbonyl (C=O) groups excluding carboxylic acids is 2. The lowest BCUT2D eigenvalue weighted by atomic mass is 10.1. The second-order valence-electron chi connectivity index (χ2n) is 6.70. The second kappa shape index (κ2) is 7.74. The van der Waals surface area contributed by atoms with Crippen molar-refractivity contribution in [2.75, 3.05) is 33.4 Å². The minimum absolute atomic E-state index is 0.0769. The van der Waals surface area contributed by atoms with Gasteiger partial charge in [-0.05, 0) is 17.7 Å². The lowest BCUT2D eigenvalue weighted by molar-refractivity contribution is -0.0139. The van der Waals surface area contributed by atoms with Crippen molar-refractivity contribution < 1.29 is 32.3 Å². The van der Waals surface area contributed by atoms with Crippen molar-refractivity contribution in [3.8, 4) is 11.5 Å². The average molecular weight is 408 g/mol. The van der Waals surface area contributed by atoms with Gasteiger partial charge in [0.05, 0.1) is 26.4 Å². The lowest BCUT2D eigenvalue weighted by Gasteiger charge is -2.36. The van der Waals surface area contributed by atoms with Crippen molar-refractivity contribution in [2.45, 2.75) is 19.0 Å². The molecule has 0 saturated carbocycles. The number of carbonyl (C=O) groups is 2. The zero-order valence-electron chi connectivity index (χ0n) is 15.5. The fourth-order valence-corrected chi connectivity index (χ4v) is 3.50. The van der Waals surface area contributed by atoms with Crippen LogP contribution in [0.1, 0.15) is 28.2 Å². The summed E-state index contributed by atoms with van der Waals surface area (Å²) in [5, 5.41) is 6.92. The van der Waals surface area contributed by atoms with Gasteiger partial charge in [0.1, 0.15) is 0 Å². The number of fused-ring (bicyclic) bond motifs is 1. The van der Waals surface area contributed by atoms with Crippen LogP contribution in [-0.4, -0.2) is 71.5 Å². The highest BCUT2D eigenvalue weighted by molar-refractivity contribution is 5.99. The summed E-state index contributed by atoms with van der Waals surface area (Å²) in [5.74, 6) is -1.08. The summed E-state index contributed by atoms with van der Waals surface area (Å²) < 4.78 is 40.5. The van der Waals surface area contributed by atoms with Crippen LogP contribution in [0.5, 0.6) is 0 Å². The molecule has 0 aliphatic carbocycles. The third kappa shape index (κ3) is 3.65. The van der Waals surface area contributed by atoms with Gasteiger partial charge in [-0.15, -0.1) is 10.2 Å². The molecule has 0 spiro atoms. The fourth-order valence-electron chi connectivity index (χ4n) is 3.50. The fraction of sp³-hybridized carbons (Fsp3) is 0.444. The first-order valence-electron chi connectivity index (χ1n) is 8.94. The van der Waals surface area contributed by atoms with Crippen LogP contribution in [0, 0.1) is 0 Å². The number of methoxy groups -OCH3 is 1. The highest BCUT2D eigenvalue weighted by atomic mass is 19.3. The molecule has 1 aromatic heterocycles. The van der Waals surface area contributed by atoms with Crippen molar-refractivity contribution in [3.05, 3.63) is 35.2 Å². The van der Waals surface area contributed by atoms with Crippen molar-refractivity contribution in [1.29, 1.82) is 0 Å². The molecule has 4 rings (SSSR count). The Labute approximate surface area is 164 Å². The smallest absolute Gasteiger partial charge is 0.409 e. The van der Waals surface area contributed by atoms with Crippen molar-refractivity contribution in [1.82, 2.24) is 20.0 Å². The van der Waals surface area contributed by atoms with E-state index in [1.54, 1.807) is 28.0 Å². The Morgan fingerprint density at radius 2 is 2.21 bits per heavy atom. The number of halogens is 2. The van der Waals surface area contributed by atoms with Crippen LogP contribution in [0.15, 0.2) is 22.6 Å². The number of hydrogen-bond donors (Lipinski definition) is 0. The molecule has 11 heteroatoms. The van der Waals surface area contributed by atoms with Gasteiger partial charge >= 0.3 is 12.5 Å². The minimum atomic E-state index is -2.86. The van der Waals surface area contributed by atoms with E-state index in [0.29, 0.717) is 37.4 Å². The summed E-state index contributed by atoms with van der Waals surface area (Å²) >= 11 is 0. The predicted octanol–water partition coefficient (Wildman–Crippen LogP) is 2.10.